The van der Waals surface area contributed by atoms with Gasteiger partial charge in [-0.15, -0.1) is 11.3 Å². The van der Waals surface area contributed by atoms with Gasteiger partial charge in [0.15, 0.2) is 0 Å². The fraction of sp³-hybridized carbons (Fsp3) is 0.0556. The molecule has 0 saturated heterocycles. The first-order chi connectivity index (χ1) is 13.3. The average Bonchev–Trinajstić information content (AvgIpc) is 3.10. The summed E-state index contributed by atoms with van der Waals surface area (Å²) in [5.41, 5.74) is 2.49. The Bertz CT molecular complexity index is 1050. The van der Waals surface area contributed by atoms with Crippen molar-refractivity contribution in [3.63, 3.8) is 0 Å². The van der Waals surface area contributed by atoms with Gasteiger partial charge in [-0.25, -0.2) is 9.78 Å². The summed E-state index contributed by atoms with van der Waals surface area (Å²) in [6.07, 6.45) is -3.51. The minimum Gasteiger partial charge on any atom is -0.478 e. The fourth-order valence-corrected chi connectivity index (χ4v) is 3.20. The molecule has 3 rings (SSSR count). The van der Waals surface area contributed by atoms with E-state index in [2.05, 4.69) is 15.5 Å². The van der Waals surface area contributed by atoms with Gasteiger partial charge in [-0.05, 0) is 18.2 Å². The normalized spacial score (nSPS) is 11.7. The summed E-state index contributed by atoms with van der Waals surface area (Å²) in [6, 6.07) is 9.59. The number of aromatic nitrogens is 1. The van der Waals surface area contributed by atoms with Crippen molar-refractivity contribution in [1.29, 1.82) is 0 Å². The Kier molecular flexibility index (Phi) is 5.66. The monoisotopic (exact) mass is 425 g/mol. The van der Waals surface area contributed by atoms with Crippen molar-refractivity contribution in [2.45, 2.75) is 6.18 Å². The predicted molar refractivity (Wildman–Crippen MR) is 102 cm³/mol. The minimum atomic E-state index is -4.63. The van der Waals surface area contributed by atoms with E-state index in [0.29, 0.717) is 21.9 Å². The molecule has 0 saturated carbocycles. The highest BCUT2D eigenvalue weighted by Gasteiger charge is 2.31. The quantitative estimate of drug-likeness (QED) is 0.410. The van der Waals surface area contributed by atoms with E-state index in [4.69, 9.17) is 16.7 Å². The van der Waals surface area contributed by atoms with Gasteiger partial charge in [0.05, 0.1) is 23.0 Å². The first kappa shape index (κ1) is 19.8. The molecule has 0 bridgehead atoms. The van der Waals surface area contributed by atoms with Gasteiger partial charge in [0.2, 0.25) is 5.13 Å². The van der Waals surface area contributed by atoms with Crippen LogP contribution in [-0.4, -0.2) is 22.3 Å². The Morgan fingerprint density at radius 2 is 2.00 bits per heavy atom. The average molecular weight is 426 g/mol. The summed E-state index contributed by atoms with van der Waals surface area (Å²) in [6.45, 7) is 0. The zero-order chi connectivity index (χ0) is 20.3. The van der Waals surface area contributed by atoms with Crippen LogP contribution in [-0.2, 0) is 6.18 Å². The molecule has 1 heterocycles. The van der Waals surface area contributed by atoms with Gasteiger partial charge in [-0.2, -0.15) is 18.3 Å². The molecule has 2 aromatic carbocycles. The second-order valence-electron chi connectivity index (χ2n) is 5.49. The van der Waals surface area contributed by atoms with Gasteiger partial charge >= 0.3 is 12.1 Å². The number of alkyl halides is 3. The number of halogens is 4. The van der Waals surface area contributed by atoms with Crippen LogP contribution in [0.25, 0.3) is 11.3 Å². The minimum absolute atomic E-state index is 0.0240. The van der Waals surface area contributed by atoms with Crippen LogP contribution in [0.5, 0.6) is 0 Å². The van der Waals surface area contributed by atoms with Crippen LogP contribution in [0, 0.1) is 0 Å². The lowest BCUT2D eigenvalue weighted by Crippen LogP contribution is -2.10. The lowest BCUT2D eigenvalue weighted by molar-refractivity contribution is -0.137. The number of hydrogen-bond acceptors (Lipinski definition) is 5. The third-order valence-corrected chi connectivity index (χ3v) is 4.71. The van der Waals surface area contributed by atoms with Crippen LogP contribution in [0.4, 0.5) is 18.3 Å². The summed E-state index contributed by atoms with van der Waals surface area (Å²) in [5.74, 6) is -1.48. The molecule has 144 valence electrons. The lowest BCUT2D eigenvalue weighted by atomic mass is 10.0. The fourth-order valence-electron chi connectivity index (χ4n) is 2.31. The van der Waals surface area contributed by atoms with E-state index in [1.807, 2.05) is 12.1 Å². The summed E-state index contributed by atoms with van der Waals surface area (Å²) in [4.78, 5) is 15.6. The number of nitrogens with one attached hydrogen (secondary N) is 1. The van der Waals surface area contributed by atoms with Crippen molar-refractivity contribution >= 4 is 40.3 Å². The Hall–Kier alpha value is -2.91. The Morgan fingerprint density at radius 3 is 2.68 bits per heavy atom. The number of hydrazone groups is 1. The van der Waals surface area contributed by atoms with Crippen LogP contribution in [0.15, 0.2) is 52.9 Å². The standard InChI is InChI=1S/C18H11ClF3N3O2S/c19-14-4-2-1-3-12(14)15-9-28-17(24-15)25-23-8-10-5-6-11(18(20,21)22)7-13(10)16(26)27/h1-9H,(H,24,25)(H,26,27)/b23-8+. The lowest BCUT2D eigenvalue weighted by Gasteiger charge is -2.08. The van der Waals surface area contributed by atoms with Crippen LogP contribution in [0.3, 0.4) is 0 Å². The molecule has 10 heteroatoms. The highest BCUT2D eigenvalue weighted by Crippen LogP contribution is 2.31. The van der Waals surface area contributed by atoms with Gasteiger partial charge in [0.1, 0.15) is 0 Å². The highest BCUT2D eigenvalue weighted by molar-refractivity contribution is 7.14. The second-order valence-corrected chi connectivity index (χ2v) is 6.76. The Labute approximate surface area is 166 Å². The molecule has 1 aromatic heterocycles. The number of thiazole rings is 1. The van der Waals surface area contributed by atoms with Crippen LogP contribution in [0.1, 0.15) is 21.5 Å². The third-order valence-electron chi connectivity index (χ3n) is 3.63. The molecule has 2 N–H and O–H groups in total. The number of nitrogens with zero attached hydrogens (tertiary/aromatic N) is 2. The van der Waals surface area contributed by atoms with Crippen LogP contribution >= 0.6 is 22.9 Å². The number of hydrogen-bond donors (Lipinski definition) is 2. The molecule has 0 spiro atoms. The summed E-state index contributed by atoms with van der Waals surface area (Å²) in [7, 11) is 0. The largest absolute Gasteiger partial charge is 0.478 e. The van der Waals surface area contributed by atoms with E-state index in [-0.39, 0.29) is 5.56 Å². The molecule has 28 heavy (non-hydrogen) atoms. The zero-order valence-electron chi connectivity index (χ0n) is 13.9. The van der Waals surface area contributed by atoms with E-state index in [1.165, 1.54) is 11.3 Å². The summed E-state index contributed by atoms with van der Waals surface area (Å²) >= 11 is 7.37. The maximum atomic E-state index is 12.8. The maximum Gasteiger partial charge on any atom is 0.416 e. The molecule has 0 fully saturated rings. The van der Waals surface area contributed by atoms with Gasteiger partial charge in [0, 0.05) is 21.5 Å². The molecule has 3 aromatic rings. The molecule has 0 aliphatic heterocycles. The number of anilines is 1. The number of carbonyl (C=O) groups is 1. The van der Waals surface area contributed by atoms with Crippen molar-refractivity contribution < 1.29 is 23.1 Å². The van der Waals surface area contributed by atoms with E-state index in [1.54, 1.807) is 17.5 Å². The van der Waals surface area contributed by atoms with Crippen molar-refractivity contribution in [2.24, 2.45) is 5.10 Å². The maximum absolute atomic E-state index is 12.8. The number of benzene rings is 2. The van der Waals surface area contributed by atoms with Crippen LogP contribution in [0.2, 0.25) is 5.02 Å². The molecule has 0 atom stereocenters. The first-order valence-electron chi connectivity index (χ1n) is 7.70. The molecular formula is C18H11ClF3N3O2S. The zero-order valence-corrected chi connectivity index (χ0v) is 15.4. The molecule has 0 aliphatic carbocycles. The van der Waals surface area contributed by atoms with Gasteiger partial charge < -0.3 is 5.11 Å². The molecule has 0 radical (unpaired) electrons. The van der Waals surface area contributed by atoms with E-state index >= 15 is 0 Å². The Morgan fingerprint density at radius 1 is 1.25 bits per heavy atom. The van der Waals surface area contributed by atoms with Crippen molar-refractivity contribution in [3.8, 4) is 11.3 Å². The SMILES string of the molecule is O=C(O)c1cc(C(F)(F)F)ccc1/C=N/Nc1nc(-c2ccccc2Cl)cs1. The molecule has 0 unspecified atom stereocenters. The molecule has 5 nitrogen and oxygen atoms in total. The highest BCUT2D eigenvalue weighted by atomic mass is 35.5. The third kappa shape index (κ3) is 4.49. The van der Waals surface area contributed by atoms with Crippen molar-refractivity contribution in [3.05, 3.63) is 69.6 Å². The van der Waals surface area contributed by atoms with Crippen LogP contribution < -0.4 is 5.43 Å². The van der Waals surface area contributed by atoms with Crippen molar-refractivity contribution in [2.75, 3.05) is 5.43 Å². The second kappa shape index (κ2) is 7.99. The number of carboxylic acid groups (broad SMARTS) is 1. The number of aromatic carboxylic acids is 1. The van der Waals surface area contributed by atoms with Crippen molar-refractivity contribution in [1.82, 2.24) is 4.98 Å². The number of carboxylic acids is 1. The smallest absolute Gasteiger partial charge is 0.416 e. The summed E-state index contributed by atoms with van der Waals surface area (Å²) < 4.78 is 38.3. The first-order valence-corrected chi connectivity index (χ1v) is 8.95. The van der Waals surface area contributed by atoms with Gasteiger partial charge in [-0.1, -0.05) is 35.9 Å². The van der Waals surface area contributed by atoms with E-state index in [0.717, 1.165) is 23.9 Å². The van der Waals surface area contributed by atoms with E-state index in [9.17, 15) is 18.0 Å². The molecule has 0 aliphatic rings. The summed E-state index contributed by atoms with van der Waals surface area (Å²) in [5, 5.41) is 15.7. The van der Waals surface area contributed by atoms with Gasteiger partial charge in [0.25, 0.3) is 0 Å². The topological polar surface area (TPSA) is 74.6 Å². The molecular weight excluding hydrogens is 415 g/mol. The number of rotatable bonds is 5. The van der Waals surface area contributed by atoms with Gasteiger partial charge in [-0.3, -0.25) is 5.43 Å². The molecule has 0 amide bonds. The van der Waals surface area contributed by atoms with E-state index < -0.39 is 23.3 Å². The predicted octanol–water partition coefficient (Wildman–Crippen LogP) is 5.63. The Balaban J connectivity index is 1.78.